The zero-order chi connectivity index (χ0) is 23.1. The molecule has 1 aromatic rings. The van der Waals surface area contributed by atoms with E-state index in [9.17, 15) is 14.9 Å². The maximum Gasteiger partial charge on any atom is 0.407 e. The summed E-state index contributed by atoms with van der Waals surface area (Å²) in [6, 6.07) is 6.84. The van der Waals surface area contributed by atoms with E-state index in [0.717, 1.165) is 70.9 Å². The Morgan fingerprint density at radius 3 is 2.12 bits per heavy atom. The fourth-order valence-corrected chi connectivity index (χ4v) is 4.25. The third-order valence-corrected chi connectivity index (χ3v) is 6.17. The SMILES string of the molecule is CC(C)(C)OC(=O)NCC1CCN(CCN2CCN(c3ccc([N+](=O)[O-])cc3)CC2)CC1. The van der Waals surface area contributed by atoms with Crippen LogP contribution in [0.25, 0.3) is 0 Å². The maximum absolute atomic E-state index is 11.8. The van der Waals surface area contributed by atoms with Gasteiger partial charge in [0.1, 0.15) is 5.60 Å². The first-order valence-corrected chi connectivity index (χ1v) is 11.6. The van der Waals surface area contributed by atoms with Crippen LogP contribution in [0.5, 0.6) is 0 Å². The van der Waals surface area contributed by atoms with Crippen molar-refractivity contribution in [3.63, 3.8) is 0 Å². The molecule has 2 saturated heterocycles. The molecular weight excluding hydrogens is 410 g/mol. The summed E-state index contributed by atoms with van der Waals surface area (Å²) < 4.78 is 5.31. The predicted molar refractivity (Wildman–Crippen MR) is 125 cm³/mol. The van der Waals surface area contributed by atoms with E-state index in [1.54, 1.807) is 12.1 Å². The van der Waals surface area contributed by atoms with Gasteiger partial charge in [-0.1, -0.05) is 0 Å². The normalized spacial score (nSPS) is 19.0. The molecule has 2 aliphatic rings. The molecule has 0 bridgehead atoms. The van der Waals surface area contributed by atoms with Crippen molar-refractivity contribution in [3.05, 3.63) is 34.4 Å². The molecule has 2 fully saturated rings. The van der Waals surface area contributed by atoms with Crippen LogP contribution in [0.3, 0.4) is 0 Å². The van der Waals surface area contributed by atoms with Gasteiger partial charge in [-0.05, 0) is 64.8 Å². The molecule has 3 rings (SSSR count). The van der Waals surface area contributed by atoms with E-state index in [-0.39, 0.29) is 16.7 Å². The minimum Gasteiger partial charge on any atom is -0.444 e. The Bertz CT molecular complexity index is 749. The Hall–Kier alpha value is -2.39. The lowest BCUT2D eigenvalue weighted by molar-refractivity contribution is -0.384. The topological polar surface area (TPSA) is 91.2 Å². The van der Waals surface area contributed by atoms with Crippen LogP contribution in [0.2, 0.25) is 0 Å². The van der Waals surface area contributed by atoms with Gasteiger partial charge in [0.05, 0.1) is 4.92 Å². The standard InChI is InChI=1S/C23H37N5O4/c1-23(2,3)32-22(29)24-18-19-8-10-25(11-9-19)12-13-26-14-16-27(17-15-26)20-4-6-21(7-5-20)28(30)31/h4-7,19H,8-18H2,1-3H3,(H,24,29). The zero-order valence-electron chi connectivity index (χ0n) is 19.6. The molecule has 0 aliphatic carbocycles. The monoisotopic (exact) mass is 447 g/mol. The van der Waals surface area contributed by atoms with Crippen LogP contribution in [-0.4, -0.2) is 85.3 Å². The quantitative estimate of drug-likeness (QED) is 0.508. The average molecular weight is 448 g/mol. The molecule has 1 aromatic carbocycles. The predicted octanol–water partition coefficient (Wildman–Crippen LogP) is 2.95. The number of non-ortho nitro benzene ring substituents is 1. The number of nitro benzene ring substituents is 1. The lowest BCUT2D eigenvalue weighted by Gasteiger charge is -2.38. The van der Waals surface area contributed by atoms with E-state index in [1.165, 1.54) is 0 Å². The molecule has 1 amide bonds. The second kappa shape index (κ2) is 11.0. The fraction of sp³-hybridized carbons (Fsp3) is 0.696. The summed E-state index contributed by atoms with van der Waals surface area (Å²) in [5.41, 5.74) is 0.731. The molecule has 9 heteroatoms. The Kier molecular flexibility index (Phi) is 8.31. The Balaban J connectivity index is 1.30. The van der Waals surface area contributed by atoms with Crippen molar-refractivity contribution in [2.75, 3.05) is 63.8 Å². The van der Waals surface area contributed by atoms with Gasteiger partial charge in [0, 0.05) is 63.6 Å². The number of nitrogens with one attached hydrogen (secondary N) is 1. The number of alkyl carbamates (subject to hydrolysis) is 1. The number of hydrogen-bond donors (Lipinski definition) is 1. The van der Waals surface area contributed by atoms with Gasteiger partial charge in [-0.3, -0.25) is 15.0 Å². The Morgan fingerprint density at radius 2 is 1.59 bits per heavy atom. The maximum atomic E-state index is 11.8. The molecule has 0 aromatic heterocycles. The molecule has 2 aliphatic heterocycles. The lowest BCUT2D eigenvalue weighted by atomic mass is 9.97. The van der Waals surface area contributed by atoms with Crippen LogP contribution in [0, 0.1) is 16.0 Å². The van der Waals surface area contributed by atoms with Crippen LogP contribution in [0.15, 0.2) is 24.3 Å². The van der Waals surface area contributed by atoms with Crippen molar-refractivity contribution in [2.45, 2.75) is 39.2 Å². The van der Waals surface area contributed by atoms with E-state index < -0.39 is 5.60 Å². The van der Waals surface area contributed by atoms with Gasteiger partial charge in [-0.15, -0.1) is 0 Å². The second-order valence-corrected chi connectivity index (χ2v) is 9.77. The summed E-state index contributed by atoms with van der Waals surface area (Å²) >= 11 is 0. The average Bonchev–Trinajstić information content (AvgIpc) is 2.76. The van der Waals surface area contributed by atoms with Gasteiger partial charge in [0.25, 0.3) is 5.69 Å². The van der Waals surface area contributed by atoms with E-state index in [1.807, 2.05) is 32.9 Å². The van der Waals surface area contributed by atoms with Crippen molar-refractivity contribution in [1.29, 1.82) is 0 Å². The summed E-state index contributed by atoms with van der Waals surface area (Å²) in [5, 5.41) is 13.7. The molecule has 0 spiro atoms. The van der Waals surface area contributed by atoms with Gasteiger partial charge in [0.2, 0.25) is 0 Å². The van der Waals surface area contributed by atoms with E-state index in [0.29, 0.717) is 12.5 Å². The number of amides is 1. The molecule has 0 unspecified atom stereocenters. The Morgan fingerprint density at radius 1 is 1.03 bits per heavy atom. The van der Waals surface area contributed by atoms with Gasteiger partial charge < -0.3 is 19.9 Å². The molecule has 2 heterocycles. The highest BCUT2D eigenvalue weighted by Crippen LogP contribution is 2.21. The number of ether oxygens (including phenoxy) is 1. The molecule has 0 atom stereocenters. The van der Waals surface area contributed by atoms with Crippen LogP contribution in [0.1, 0.15) is 33.6 Å². The van der Waals surface area contributed by atoms with Crippen LogP contribution in [0.4, 0.5) is 16.2 Å². The van der Waals surface area contributed by atoms with Crippen molar-refractivity contribution in [3.8, 4) is 0 Å². The number of piperazine rings is 1. The number of rotatable bonds is 7. The van der Waals surface area contributed by atoms with E-state index in [4.69, 9.17) is 4.74 Å². The van der Waals surface area contributed by atoms with Crippen molar-refractivity contribution in [1.82, 2.24) is 15.1 Å². The number of nitrogens with zero attached hydrogens (tertiary/aromatic N) is 4. The van der Waals surface area contributed by atoms with Gasteiger partial charge in [0.15, 0.2) is 0 Å². The number of carbonyl (C=O) groups is 1. The third-order valence-electron chi connectivity index (χ3n) is 6.17. The smallest absolute Gasteiger partial charge is 0.407 e. The summed E-state index contributed by atoms with van der Waals surface area (Å²) in [4.78, 5) is 29.6. The zero-order valence-corrected chi connectivity index (χ0v) is 19.6. The number of piperidine rings is 1. The molecular formula is C23H37N5O4. The number of benzene rings is 1. The highest BCUT2D eigenvalue weighted by atomic mass is 16.6. The molecule has 178 valence electrons. The highest BCUT2D eigenvalue weighted by molar-refractivity contribution is 5.67. The number of carbonyl (C=O) groups excluding carboxylic acids is 1. The van der Waals surface area contributed by atoms with E-state index in [2.05, 4.69) is 20.0 Å². The number of hydrogen-bond acceptors (Lipinski definition) is 7. The van der Waals surface area contributed by atoms with Crippen LogP contribution < -0.4 is 10.2 Å². The number of anilines is 1. The molecule has 0 radical (unpaired) electrons. The summed E-state index contributed by atoms with van der Waals surface area (Å²) in [6.07, 6.45) is 1.88. The first-order chi connectivity index (χ1) is 15.2. The minimum atomic E-state index is -0.458. The molecule has 1 N–H and O–H groups in total. The van der Waals surface area contributed by atoms with Crippen molar-refractivity contribution in [2.24, 2.45) is 5.92 Å². The third kappa shape index (κ3) is 7.63. The van der Waals surface area contributed by atoms with Crippen molar-refractivity contribution < 1.29 is 14.5 Å². The summed E-state index contributed by atoms with van der Waals surface area (Å²) in [5.74, 6) is 0.518. The summed E-state index contributed by atoms with van der Waals surface area (Å²) in [7, 11) is 0. The lowest BCUT2D eigenvalue weighted by Crippen LogP contribution is -2.49. The molecule has 32 heavy (non-hydrogen) atoms. The largest absolute Gasteiger partial charge is 0.444 e. The fourth-order valence-electron chi connectivity index (χ4n) is 4.25. The molecule has 0 saturated carbocycles. The second-order valence-electron chi connectivity index (χ2n) is 9.77. The van der Waals surface area contributed by atoms with E-state index >= 15 is 0 Å². The first kappa shape index (κ1) is 24.3. The minimum absolute atomic E-state index is 0.136. The molecule has 9 nitrogen and oxygen atoms in total. The Labute approximate surface area is 190 Å². The summed E-state index contributed by atoms with van der Waals surface area (Å²) in [6.45, 7) is 14.5. The van der Waals surface area contributed by atoms with Gasteiger partial charge in [-0.2, -0.15) is 0 Å². The first-order valence-electron chi connectivity index (χ1n) is 11.6. The van der Waals surface area contributed by atoms with Crippen molar-refractivity contribution >= 4 is 17.5 Å². The van der Waals surface area contributed by atoms with Crippen LogP contribution in [-0.2, 0) is 4.74 Å². The number of nitro groups is 1. The highest BCUT2D eigenvalue weighted by Gasteiger charge is 2.23. The van der Waals surface area contributed by atoms with Crippen LogP contribution >= 0.6 is 0 Å². The number of likely N-dealkylation sites (tertiary alicyclic amines) is 1. The van der Waals surface area contributed by atoms with Gasteiger partial charge in [-0.25, -0.2) is 4.79 Å². The van der Waals surface area contributed by atoms with Gasteiger partial charge >= 0.3 is 6.09 Å².